The molecule has 0 fully saturated rings. The summed E-state index contributed by atoms with van der Waals surface area (Å²) in [7, 11) is 0. The van der Waals surface area contributed by atoms with Crippen molar-refractivity contribution in [2.24, 2.45) is 11.0 Å². The van der Waals surface area contributed by atoms with Gasteiger partial charge in [0.25, 0.3) is 0 Å². The Bertz CT molecular complexity index is 201. The molecule has 0 aromatic rings. The van der Waals surface area contributed by atoms with E-state index in [4.69, 9.17) is 0 Å². The van der Waals surface area contributed by atoms with Crippen molar-refractivity contribution in [3.8, 4) is 0 Å². The van der Waals surface area contributed by atoms with Crippen molar-refractivity contribution >= 4 is 11.9 Å². The predicted octanol–water partition coefficient (Wildman–Crippen LogP) is -0.526. The Balaban J connectivity index is 2.31. The minimum absolute atomic E-state index is 0.593. The van der Waals surface area contributed by atoms with E-state index in [1.165, 1.54) is 18.6 Å². The molecule has 2 heteroatoms. The molecule has 0 saturated heterocycles. The molecule has 2 rings (SSSR count). The first-order valence-electron chi connectivity index (χ1n) is 3.30. The van der Waals surface area contributed by atoms with Crippen LogP contribution in [0.1, 0.15) is 12.8 Å². The Morgan fingerprint density at radius 2 is 2.67 bits per heavy atom. The number of nitrogens with one attached hydrogen (secondary N) is 1. The summed E-state index contributed by atoms with van der Waals surface area (Å²) in [6, 6.07) is 0. The first kappa shape index (κ1) is 4.91. The fourth-order valence-electron chi connectivity index (χ4n) is 1.24. The lowest BCUT2D eigenvalue weighted by molar-refractivity contribution is -0.453. The highest BCUT2D eigenvalue weighted by atomic mass is 15.2. The van der Waals surface area contributed by atoms with Gasteiger partial charge < -0.3 is 0 Å². The van der Waals surface area contributed by atoms with Crippen LogP contribution in [0.3, 0.4) is 0 Å². The predicted molar refractivity (Wildman–Crippen MR) is 36.3 cm³/mol. The molecular formula is C7H9N2+. The highest BCUT2D eigenvalue weighted by molar-refractivity contribution is 6.06. The molecule has 1 atom stereocenters. The van der Waals surface area contributed by atoms with Gasteiger partial charge in [-0.1, -0.05) is 6.08 Å². The number of hydrogen-bond acceptors (Lipinski definition) is 1. The van der Waals surface area contributed by atoms with Gasteiger partial charge in [0.2, 0.25) is 0 Å². The second-order valence-electron chi connectivity index (χ2n) is 2.42. The van der Waals surface area contributed by atoms with E-state index in [-0.39, 0.29) is 0 Å². The normalized spacial score (nSPS) is 30.2. The number of allylic oxidation sites excluding steroid dienone is 2. The molecule has 2 aliphatic rings. The average Bonchev–Trinajstić information content (AvgIpc) is 2.33. The largest absolute Gasteiger partial charge is 0.179 e. The molecule has 9 heavy (non-hydrogen) atoms. The molecule has 1 aliphatic heterocycles. The van der Waals surface area contributed by atoms with Crippen LogP contribution in [0.4, 0.5) is 0 Å². The maximum absolute atomic E-state index is 4.08. The zero-order valence-corrected chi connectivity index (χ0v) is 5.17. The van der Waals surface area contributed by atoms with Crippen molar-refractivity contribution in [2.45, 2.75) is 12.8 Å². The summed E-state index contributed by atoms with van der Waals surface area (Å²) in [5.41, 5.74) is 1.20. The van der Waals surface area contributed by atoms with Crippen LogP contribution < -0.4 is 5.10 Å². The molecule has 0 radical (unpaired) electrons. The molecule has 0 spiro atoms. The summed E-state index contributed by atoms with van der Waals surface area (Å²) in [6.07, 6.45) is 8.75. The van der Waals surface area contributed by atoms with Gasteiger partial charge in [0, 0.05) is 0 Å². The molecule has 1 aliphatic carbocycles. The van der Waals surface area contributed by atoms with Crippen LogP contribution in [-0.2, 0) is 0 Å². The number of rotatable bonds is 0. The first-order valence-corrected chi connectivity index (χ1v) is 3.30. The van der Waals surface area contributed by atoms with Crippen molar-refractivity contribution in [1.29, 1.82) is 0 Å². The monoisotopic (exact) mass is 121 g/mol. The van der Waals surface area contributed by atoms with E-state index >= 15 is 0 Å². The fourth-order valence-corrected chi connectivity index (χ4v) is 1.24. The summed E-state index contributed by atoms with van der Waals surface area (Å²) in [4.78, 5) is 0. The van der Waals surface area contributed by atoms with Gasteiger partial charge in [0.1, 0.15) is 5.71 Å². The van der Waals surface area contributed by atoms with E-state index in [0.29, 0.717) is 5.92 Å². The van der Waals surface area contributed by atoms with Crippen LogP contribution in [0.5, 0.6) is 0 Å². The topological polar surface area (TPSA) is 26.3 Å². The first-order chi connectivity index (χ1) is 4.47. The zero-order chi connectivity index (χ0) is 6.10. The lowest BCUT2D eigenvalue weighted by Gasteiger charge is -2.05. The second-order valence-corrected chi connectivity index (χ2v) is 2.42. The van der Waals surface area contributed by atoms with Crippen molar-refractivity contribution in [3.05, 3.63) is 12.2 Å². The number of hydrogen-bond donors (Lipinski definition) is 1. The van der Waals surface area contributed by atoms with E-state index in [2.05, 4.69) is 28.6 Å². The molecule has 0 amide bonds. The van der Waals surface area contributed by atoms with E-state index in [0.717, 1.165) is 0 Å². The Labute approximate surface area is 54.0 Å². The molecular weight excluding hydrogens is 112 g/mol. The van der Waals surface area contributed by atoms with Gasteiger partial charge in [0.05, 0.1) is 5.92 Å². The molecule has 0 bridgehead atoms. The number of nitrogens with zero attached hydrogens (tertiary/aromatic N) is 1. The van der Waals surface area contributed by atoms with Gasteiger partial charge in [-0.15, -0.1) is 5.10 Å². The SMILES string of the molecule is C1=CC2=N[NH+]=CC2CC1. The van der Waals surface area contributed by atoms with Crippen molar-refractivity contribution < 1.29 is 5.10 Å². The molecule has 0 aromatic heterocycles. The summed E-state index contributed by atoms with van der Waals surface area (Å²) < 4.78 is 0. The molecule has 1 heterocycles. The van der Waals surface area contributed by atoms with Gasteiger partial charge in [-0.25, -0.2) is 0 Å². The minimum atomic E-state index is 0.593. The zero-order valence-electron chi connectivity index (χ0n) is 5.17. The second kappa shape index (κ2) is 1.79. The van der Waals surface area contributed by atoms with Gasteiger partial charge >= 0.3 is 0 Å². The molecule has 46 valence electrons. The highest BCUT2D eigenvalue weighted by Gasteiger charge is 2.22. The van der Waals surface area contributed by atoms with Crippen LogP contribution >= 0.6 is 0 Å². The molecule has 2 nitrogen and oxygen atoms in total. The molecule has 1 N–H and O–H groups in total. The Morgan fingerprint density at radius 3 is 3.56 bits per heavy atom. The Kier molecular flexibility index (Phi) is 0.979. The van der Waals surface area contributed by atoms with Crippen LogP contribution in [0.25, 0.3) is 0 Å². The molecule has 0 aromatic carbocycles. The minimum Gasteiger partial charge on any atom is -0.110 e. The third kappa shape index (κ3) is 0.707. The van der Waals surface area contributed by atoms with Gasteiger partial charge in [-0.05, 0) is 24.0 Å². The van der Waals surface area contributed by atoms with Crippen molar-refractivity contribution in [2.75, 3.05) is 0 Å². The van der Waals surface area contributed by atoms with Crippen molar-refractivity contribution in [1.82, 2.24) is 0 Å². The highest BCUT2D eigenvalue weighted by Crippen LogP contribution is 2.13. The van der Waals surface area contributed by atoms with Crippen LogP contribution in [0.15, 0.2) is 17.3 Å². The maximum Gasteiger partial charge on any atom is 0.179 e. The Morgan fingerprint density at radius 1 is 1.67 bits per heavy atom. The summed E-state index contributed by atoms with van der Waals surface area (Å²) in [5, 5.41) is 6.96. The third-order valence-electron chi connectivity index (χ3n) is 1.78. The molecule has 1 unspecified atom stereocenters. The number of hydrazone groups is 1. The smallest absolute Gasteiger partial charge is 0.110 e. The third-order valence-corrected chi connectivity index (χ3v) is 1.78. The van der Waals surface area contributed by atoms with Crippen LogP contribution in [0.2, 0.25) is 0 Å². The van der Waals surface area contributed by atoms with Gasteiger partial charge in [0.15, 0.2) is 6.21 Å². The van der Waals surface area contributed by atoms with Crippen LogP contribution in [0, 0.1) is 5.92 Å². The summed E-state index contributed by atoms with van der Waals surface area (Å²) in [5.74, 6) is 0.593. The van der Waals surface area contributed by atoms with Gasteiger partial charge in [-0.2, -0.15) is 0 Å². The lowest BCUT2D eigenvalue weighted by atomic mass is 9.94. The van der Waals surface area contributed by atoms with Gasteiger partial charge in [-0.3, -0.25) is 0 Å². The molecule has 0 saturated carbocycles. The van der Waals surface area contributed by atoms with E-state index in [1.807, 2.05) is 0 Å². The van der Waals surface area contributed by atoms with E-state index in [1.54, 1.807) is 0 Å². The number of fused-ring (bicyclic) bond motifs is 1. The quantitative estimate of drug-likeness (QED) is 0.446. The fraction of sp³-hybridized carbons (Fsp3) is 0.429. The standard InChI is InChI=1S/C7H8N2/c1-2-4-7-6(3-1)5-8-9-7/h2,4-6H,1,3H2/p+1. The maximum atomic E-state index is 4.08. The van der Waals surface area contributed by atoms with E-state index in [9.17, 15) is 0 Å². The summed E-state index contributed by atoms with van der Waals surface area (Å²) >= 11 is 0. The summed E-state index contributed by atoms with van der Waals surface area (Å²) in [6.45, 7) is 0. The van der Waals surface area contributed by atoms with Crippen molar-refractivity contribution in [3.63, 3.8) is 0 Å². The Hall–Kier alpha value is -0.920. The van der Waals surface area contributed by atoms with E-state index < -0.39 is 0 Å². The average molecular weight is 121 g/mol. The van der Waals surface area contributed by atoms with Crippen LogP contribution in [-0.4, -0.2) is 11.9 Å². The lowest BCUT2D eigenvalue weighted by Crippen LogP contribution is -2.59.